The van der Waals surface area contributed by atoms with Crippen LogP contribution in [0, 0.1) is 0 Å². The number of amides is 1. The lowest BCUT2D eigenvalue weighted by Gasteiger charge is -2.38. The predicted molar refractivity (Wildman–Crippen MR) is 115 cm³/mol. The first-order valence-corrected chi connectivity index (χ1v) is 10.6. The van der Waals surface area contributed by atoms with Gasteiger partial charge in [0.05, 0.1) is 6.54 Å². The number of carbonyl (C=O) groups is 1. The first-order valence-electron chi connectivity index (χ1n) is 10.6. The van der Waals surface area contributed by atoms with E-state index < -0.39 is 0 Å². The van der Waals surface area contributed by atoms with Crippen LogP contribution in [0.4, 0.5) is 5.69 Å². The largest absolute Gasteiger partial charge is 0.308 e. The number of hydrogen-bond donors (Lipinski definition) is 0. The zero-order chi connectivity index (χ0) is 19.3. The van der Waals surface area contributed by atoms with Crippen molar-refractivity contribution in [2.45, 2.75) is 32.2 Å². The lowest BCUT2D eigenvalue weighted by atomic mass is 9.96. The molecule has 0 aliphatic carbocycles. The van der Waals surface area contributed by atoms with Crippen molar-refractivity contribution >= 4 is 11.6 Å². The third-order valence-corrected chi connectivity index (χ3v) is 6.18. The van der Waals surface area contributed by atoms with Gasteiger partial charge in [0.15, 0.2) is 0 Å². The van der Waals surface area contributed by atoms with Gasteiger partial charge in [0, 0.05) is 44.5 Å². The Morgan fingerprint density at radius 1 is 0.929 bits per heavy atom. The van der Waals surface area contributed by atoms with Crippen LogP contribution < -0.4 is 4.90 Å². The van der Waals surface area contributed by atoms with E-state index in [1.807, 2.05) is 11.0 Å². The van der Waals surface area contributed by atoms with Gasteiger partial charge in [-0.1, -0.05) is 48.5 Å². The van der Waals surface area contributed by atoms with Crippen LogP contribution in [0.15, 0.2) is 54.6 Å². The van der Waals surface area contributed by atoms with Crippen molar-refractivity contribution < 1.29 is 4.79 Å². The highest BCUT2D eigenvalue weighted by molar-refractivity contribution is 5.96. The van der Waals surface area contributed by atoms with Crippen molar-refractivity contribution in [2.24, 2.45) is 0 Å². The number of anilines is 1. The van der Waals surface area contributed by atoms with Crippen LogP contribution in [-0.4, -0.2) is 61.0 Å². The van der Waals surface area contributed by atoms with Crippen molar-refractivity contribution in [1.82, 2.24) is 9.80 Å². The minimum atomic E-state index is 0.248. The summed E-state index contributed by atoms with van der Waals surface area (Å²) in [5, 5.41) is 0. The van der Waals surface area contributed by atoms with Crippen molar-refractivity contribution in [3.63, 3.8) is 0 Å². The highest BCUT2D eigenvalue weighted by Crippen LogP contribution is 2.30. The first-order chi connectivity index (χ1) is 13.7. The number of hydrogen-bond acceptors (Lipinski definition) is 3. The number of fused-ring (bicyclic) bond motifs is 1. The lowest BCUT2D eigenvalue weighted by Crippen LogP contribution is -2.52. The molecule has 148 valence electrons. The molecule has 0 radical (unpaired) electrons. The van der Waals surface area contributed by atoms with E-state index in [1.54, 1.807) is 0 Å². The molecular weight excluding hydrogens is 346 g/mol. The van der Waals surface area contributed by atoms with Crippen LogP contribution in [0.2, 0.25) is 0 Å². The van der Waals surface area contributed by atoms with Gasteiger partial charge in [-0.2, -0.15) is 0 Å². The van der Waals surface area contributed by atoms with Gasteiger partial charge in [-0.25, -0.2) is 0 Å². The molecule has 4 heteroatoms. The number of aryl methyl sites for hydroxylation is 1. The average molecular weight is 378 g/mol. The molecule has 4 rings (SSSR count). The Kier molecular flexibility index (Phi) is 6.08. The summed E-state index contributed by atoms with van der Waals surface area (Å²) in [6.07, 6.45) is 3.22. The summed E-state index contributed by atoms with van der Waals surface area (Å²) < 4.78 is 0. The summed E-state index contributed by atoms with van der Waals surface area (Å²) in [7, 11) is 0. The van der Waals surface area contributed by atoms with Gasteiger partial charge in [-0.3, -0.25) is 9.69 Å². The van der Waals surface area contributed by atoms with Gasteiger partial charge >= 0.3 is 0 Å². The van der Waals surface area contributed by atoms with Gasteiger partial charge in [0.25, 0.3) is 0 Å². The van der Waals surface area contributed by atoms with Gasteiger partial charge < -0.3 is 9.80 Å². The van der Waals surface area contributed by atoms with E-state index in [9.17, 15) is 4.79 Å². The molecule has 1 unspecified atom stereocenters. The summed E-state index contributed by atoms with van der Waals surface area (Å²) >= 11 is 0. The van der Waals surface area contributed by atoms with E-state index in [-0.39, 0.29) is 11.9 Å². The van der Waals surface area contributed by atoms with Crippen molar-refractivity contribution in [3.05, 3.63) is 65.7 Å². The minimum absolute atomic E-state index is 0.248. The fraction of sp³-hybridized carbons (Fsp3) is 0.458. The standard InChI is InChI=1S/C24H31N3O/c1-20-11-12-22-9-5-6-10-23(22)27(20)24(28)19-26-17-15-25(16-18-26)14-13-21-7-3-2-4-8-21/h2-10,20H,11-19H2,1H3. The molecule has 2 heterocycles. The molecule has 2 aromatic carbocycles. The smallest absolute Gasteiger partial charge is 0.241 e. The summed E-state index contributed by atoms with van der Waals surface area (Å²) in [4.78, 5) is 20.0. The molecule has 4 nitrogen and oxygen atoms in total. The Morgan fingerprint density at radius 2 is 1.61 bits per heavy atom. The Bertz CT molecular complexity index is 783. The molecule has 1 amide bonds. The molecule has 0 bridgehead atoms. The number of rotatable bonds is 5. The zero-order valence-electron chi connectivity index (χ0n) is 16.9. The van der Waals surface area contributed by atoms with Crippen molar-refractivity contribution in [1.29, 1.82) is 0 Å². The molecule has 0 aromatic heterocycles. The van der Waals surface area contributed by atoms with Crippen LogP contribution in [0.3, 0.4) is 0 Å². The highest BCUT2D eigenvalue weighted by Gasteiger charge is 2.29. The summed E-state index contributed by atoms with van der Waals surface area (Å²) in [5.74, 6) is 0.248. The van der Waals surface area contributed by atoms with Gasteiger partial charge in [-0.05, 0) is 43.4 Å². The number of benzene rings is 2. The van der Waals surface area contributed by atoms with Crippen LogP contribution >= 0.6 is 0 Å². The molecule has 0 N–H and O–H groups in total. The maximum atomic E-state index is 13.1. The Morgan fingerprint density at radius 3 is 2.39 bits per heavy atom. The monoisotopic (exact) mass is 377 g/mol. The summed E-state index contributed by atoms with van der Waals surface area (Å²) in [6.45, 7) is 7.86. The van der Waals surface area contributed by atoms with Crippen LogP contribution in [0.5, 0.6) is 0 Å². The lowest BCUT2D eigenvalue weighted by molar-refractivity contribution is -0.120. The molecule has 1 atom stereocenters. The van der Waals surface area contributed by atoms with Crippen molar-refractivity contribution in [3.8, 4) is 0 Å². The van der Waals surface area contributed by atoms with E-state index in [0.717, 1.165) is 57.7 Å². The van der Waals surface area contributed by atoms with Crippen LogP contribution in [0.1, 0.15) is 24.5 Å². The van der Waals surface area contributed by atoms with E-state index in [4.69, 9.17) is 0 Å². The summed E-state index contributed by atoms with van der Waals surface area (Å²) in [6, 6.07) is 19.4. The number of para-hydroxylation sites is 1. The molecule has 1 fully saturated rings. The maximum absolute atomic E-state index is 13.1. The number of nitrogens with zero attached hydrogens (tertiary/aromatic N) is 3. The van der Waals surface area contributed by atoms with Crippen LogP contribution in [0.25, 0.3) is 0 Å². The zero-order valence-corrected chi connectivity index (χ0v) is 16.9. The number of carbonyl (C=O) groups excluding carboxylic acids is 1. The van der Waals surface area contributed by atoms with Gasteiger partial charge in [0.2, 0.25) is 5.91 Å². The summed E-state index contributed by atoms with van der Waals surface area (Å²) in [5.41, 5.74) is 3.82. The quantitative estimate of drug-likeness (QED) is 0.801. The Hall–Kier alpha value is -2.17. The normalized spacial score (nSPS) is 20.8. The molecule has 1 saturated heterocycles. The Labute approximate surface area is 168 Å². The molecule has 0 spiro atoms. The second-order valence-electron chi connectivity index (χ2n) is 8.13. The SMILES string of the molecule is CC1CCc2ccccc2N1C(=O)CN1CCN(CCc2ccccc2)CC1. The van der Waals surface area contributed by atoms with Gasteiger partial charge in [-0.15, -0.1) is 0 Å². The van der Waals surface area contributed by atoms with Crippen LogP contribution in [-0.2, 0) is 17.6 Å². The Balaban J connectivity index is 1.28. The predicted octanol–water partition coefficient (Wildman–Crippen LogP) is 3.21. The van der Waals surface area contributed by atoms with E-state index in [2.05, 4.69) is 65.3 Å². The van der Waals surface area contributed by atoms with E-state index in [1.165, 1.54) is 11.1 Å². The fourth-order valence-electron chi connectivity index (χ4n) is 4.44. The first kappa shape index (κ1) is 19.2. The topological polar surface area (TPSA) is 26.8 Å². The second-order valence-corrected chi connectivity index (χ2v) is 8.13. The fourth-order valence-corrected chi connectivity index (χ4v) is 4.44. The van der Waals surface area contributed by atoms with Crippen molar-refractivity contribution in [2.75, 3.05) is 44.2 Å². The van der Waals surface area contributed by atoms with E-state index in [0.29, 0.717) is 6.54 Å². The second kappa shape index (κ2) is 8.89. The average Bonchev–Trinajstić information content (AvgIpc) is 2.74. The van der Waals surface area contributed by atoms with Gasteiger partial charge in [0.1, 0.15) is 0 Å². The molecule has 0 saturated carbocycles. The number of piperazine rings is 1. The molecule has 2 aliphatic heterocycles. The maximum Gasteiger partial charge on any atom is 0.241 e. The molecular formula is C24H31N3O. The molecule has 2 aromatic rings. The van der Waals surface area contributed by atoms with E-state index >= 15 is 0 Å². The molecule has 28 heavy (non-hydrogen) atoms. The minimum Gasteiger partial charge on any atom is -0.308 e. The highest BCUT2D eigenvalue weighted by atomic mass is 16.2. The molecule has 2 aliphatic rings. The third-order valence-electron chi connectivity index (χ3n) is 6.18. The third kappa shape index (κ3) is 4.45.